The fraction of sp³-hybridized carbons (Fsp3) is 0.222. The molecule has 0 aliphatic rings. The van der Waals surface area contributed by atoms with Crippen molar-refractivity contribution in [3.05, 3.63) is 59.7 Å². The molecule has 0 radical (unpaired) electrons. The molecular weight excluding hydrogens is 258 g/mol. The van der Waals surface area contributed by atoms with Crippen LogP contribution < -0.4 is 4.90 Å². The van der Waals surface area contributed by atoms with Crippen LogP contribution in [0.4, 0.5) is 11.4 Å². The highest BCUT2D eigenvalue weighted by molar-refractivity contribution is 5.82. The Labute approximate surface area is 126 Å². The Hall–Kier alpha value is -2.60. The summed E-state index contributed by atoms with van der Waals surface area (Å²) in [4.78, 5) is 6.73. The first-order valence-corrected chi connectivity index (χ1v) is 7.16. The molecule has 2 aromatic rings. The Morgan fingerprint density at radius 2 is 1.62 bits per heavy atom. The number of rotatable bonds is 5. The van der Waals surface area contributed by atoms with Gasteiger partial charge in [0, 0.05) is 25.0 Å². The largest absolute Gasteiger partial charge is 0.372 e. The number of aliphatic imine (C=N–C) groups is 1. The number of anilines is 1. The third-order valence-electron chi connectivity index (χ3n) is 3.38. The van der Waals surface area contributed by atoms with E-state index in [1.165, 1.54) is 5.69 Å². The topological polar surface area (TPSA) is 39.4 Å². The maximum Gasteiger partial charge on any atom is 0.0991 e. The third kappa shape index (κ3) is 3.93. The quantitative estimate of drug-likeness (QED) is 0.770. The van der Waals surface area contributed by atoms with E-state index in [0.717, 1.165) is 24.3 Å². The van der Waals surface area contributed by atoms with Crippen LogP contribution in [0.5, 0.6) is 0 Å². The van der Waals surface area contributed by atoms with Crippen LogP contribution in [0.2, 0.25) is 0 Å². The van der Waals surface area contributed by atoms with Crippen molar-refractivity contribution in [1.82, 2.24) is 0 Å². The van der Waals surface area contributed by atoms with Crippen LogP contribution in [0.1, 0.15) is 25.0 Å². The van der Waals surface area contributed by atoms with Gasteiger partial charge in [-0.2, -0.15) is 5.26 Å². The Morgan fingerprint density at radius 3 is 2.14 bits per heavy atom. The molecule has 3 heteroatoms. The van der Waals surface area contributed by atoms with Crippen molar-refractivity contribution >= 4 is 17.6 Å². The number of nitriles is 1. The molecule has 0 amide bonds. The van der Waals surface area contributed by atoms with Crippen molar-refractivity contribution in [3.63, 3.8) is 0 Å². The van der Waals surface area contributed by atoms with Gasteiger partial charge in [0.05, 0.1) is 17.3 Å². The van der Waals surface area contributed by atoms with Gasteiger partial charge in [-0.05, 0) is 55.8 Å². The van der Waals surface area contributed by atoms with Crippen molar-refractivity contribution in [2.45, 2.75) is 13.8 Å². The lowest BCUT2D eigenvalue weighted by atomic mass is 10.2. The molecule has 2 rings (SSSR count). The Kier molecular flexibility index (Phi) is 5.11. The van der Waals surface area contributed by atoms with Crippen molar-refractivity contribution in [1.29, 1.82) is 5.26 Å². The van der Waals surface area contributed by atoms with E-state index in [2.05, 4.69) is 54.1 Å². The van der Waals surface area contributed by atoms with Crippen LogP contribution >= 0.6 is 0 Å². The normalized spacial score (nSPS) is 10.5. The van der Waals surface area contributed by atoms with Gasteiger partial charge in [-0.15, -0.1) is 0 Å². The lowest BCUT2D eigenvalue weighted by Gasteiger charge is -2.20. The standard InChI is InChI=1S/C18H19N3/c1-3-21(4-2)18-11-7-16(8-12-18)14-20-17-9-5-15(13-19)6-10-17/h5-12,14H,3-4H2,1-2H3. The minimum atomic E-state index is 0.650. The molecule has 0 saturated heterocycles. The van der Waals surface area contributed by atoms with Gasteiger partial charge < -0.3 is 4.90 Å². The zero-order chi connectivity index (χ0) is 15.1. The fourth-order valence-electron chi connectivity index (χ4n) is 2.13. The monoisotopic (exact) mass is 277 g/mol. The summed E-state index contributed by atoms with van der Waals surface area (Å²) in [6.07, 6.45) is 1.84. The van der Waals surface area contributed by atoms with Gasteiger partial charge in [0.25, 0.3) is 0 Å². The molecule has 0 saturated carbocycles. The van der Waals surface area contributed by atoms with E-state index in [9.17, 15) is 0 Å². The lowest BCUT2D eigenvalue weighted by Crippen LogP contribution is -2.21. The average Bonchev–Trinajstić information content (AvgIpc) is 2.55. The number of nitrogens with zero attached hydrogens (tertiary/aromatic N) is 3. The van der Waals surface area contributed by atoms with Crippen LogP contribution in [-0.4, -0.2) is 19.3 Å². The number of hydrogen-bond acceptors (Lipinski definition) is 3. The molecule has 0 atom stereocenters. The second-order valence-electron chi connectivity index (χ2n) is 4.68. The van der Waals surface area contributed by atoms with Gasteiger partial charge in [0.1, 0.15) is 0 Å². The molecule has 106 valence electrons. The molecule has 0 aliphatic carbocycles. The lowest BCUT2D eigenvalue weighted by molar-refractivity contribution is 0.866. The van der Waals surface area contributed by atoms with Crippen molar-refractivity contribution in [3.8, 4) is 6.07 Å². The van der Waals surface area contributed by atoms with E-state index in [1.54, 1.807) is 12.1 Å². The predicted molar refractivity (Wildman–Crippen MR) is 88.4 cm³/mol. The van der Waals surface area contributed by atoms with Gasteiger partial charge in [-0.1, -0.05) is 12.1 Å². The SMILES string of the molecule is CCN(CC)c1ccc(C=Nc2ccc(C#N)cc2)cc1. The molecular formula is C18H19N3. The van der Waals surface area contributed by atoms with Crippen molar-refractivity contribution in [2.75, 3.05) is 18.0 Å². The van der Waals surface area contributed by atoms with E-state index in [1.807, 2.05) is 18.3 Å². The zero-order valence-corrected chi connectivity index (χ0v) is 12.5. The smallest absolute Gasteiger partial charge is 0.0991 e. The van der Waals surface area contributed by atoms with Gasteiger partial charge in [0.15, 0.2) is 0 Å². The minimum absolute atomic E-state index is 0.650. The zero-order valence-electron chi connectivity index (χ0n) is 12.5. The van der Waals surface area contributed by atoms with E-state index in [-0.39, 0.29) is 0 Å². The summed E-state index contributed by atoms with van der Waals surface area (Å²) in [5.74, 6) is 0. The summed E-state index contributed by atoms with van der Waals surface area (Å²) in [6, 6.07) is 17.7. The number of benzene rings is 2. The molecule has 0 spiro atoms. The highest BCUT2D eigenvalue weighted by atomic mass is 15.1. The Bertz CT molecular complexity index is 630. The molecule has 3 nitrogen and oxygen atoms in total. The molecule has 2 aromatic carbocycles. The Balaban J connectivity index is 2.08. The summed E-state index contributed by atoms with van der Waals surface area (Å²) in [5, 5.41) is 8.76. The molecule has 0 N–H and O–H groups in total. The first-order chi connectivity index (χ1) is 10.3. The van der Waals surface area contributed by atoms with Crippen LogP contribution in [0, 0.1) is 11.3 Å². The van der Waals surface area contributed by atoms with E-state index < -0.39 is 0 Å². The van der Waals surface area contributed by atoms with Gasteiger partial charge in [-0.25, -0.2) is 0 Å². The van der Waals surface area contributed by atoms with Crippen molar-refractivity contribution in [2.24, 2.45) is 4.99 Å². The van der Waals surface area contributed by atoms with Gasteiger partial charge in [-0.3, -0.25) is 4.99 Å². The summed E-state index contributed by atoms with van der Waals surface area (Å²) in [7, 11) is 0. The molecule has 0 bridgehead atoms. The second-order valence-corrected chi connectivity index (χ2v) is 4.68. The van der Waals surface area contributed by atoms with E-state index in [4.69, 9.17) is 5.26 Å². The molecule has 0 heterocycles. The predicted octanol–water partition coefficient (Wildman–Crippen LogP) is 4.16. The molecule has 0 unspecified atom stereocenters. The minimum Gasteiger partial charge on any atom is -0.372 e. The maximum absolute atomic E-state index is 8.76. The fourth-order valence-corrected chi connectivity index (χ4v) is 2.13. The van der Waals surface area contributed by atoms with Gasteiger partial charge in [0.2, 0.25) is 0 Å². The summed E-state index contributed by atoms with van der Waals surface area (Å²) in [6.45, 7) is 6.33. The van der Waals surface area contributed by atoms with Gasteiger partial charge >= 0.3 is 0 Å². The van der Waals surface area contributed by atoms with E-state index in [0.29, 0.717) is 5.56 Å². The molecule has 0 aromatic heterocycles. The first kappa shape index (κ1) is 14.8. The van der Waals surface area contributed by atoms with Crippen LogP contribution in [0.15, 0.2) is 53.5 Å². The average molecular weight is 277 g/mol. The first-order valence-electron chi connectivity index (χ1n) is 7.16. The van der Waals surface area contributed by atoms with Crippen LogP contribution in [0.3, 0.4) is 0 Å². The maximum atomic E-state index is 8.76. The van der Waals surface area contributed by atoms with Crippen LogP contribution in [-0.2, 0) is 0 Å². The summed E-state index contributed by atoms with van der Waals surface area (Å²) in [5.41, 5.74) is 3.80. The summed E-state index contributed by atoms with van der Waals surface area (Å²) < 4.78 is 0. The molecule has 0 fully saturated rings. The molecule has 0 aliphatic heterocycles. The van der Waals surface area contributed by atoms with E-state index >= 15 is 0 Å². The Morgan fingerprint density at radius 1 is 1.00 bits per heavy atom. The molecule has 21 heavy (non-hydrogen) atoms. The van der Waals surface area contributed by atoms with Crippen molar-refractivity contribution < 1.29 is 0 Å². The number of hydrogen-bond donors (Lipinski definition) is 0. The third-order valence-corrected chi connectivity index (χ3v) is 3.38. The van der Waals surface area contributed by atoms with Crippen LogP contribution in [0.25, 0.3) is 0 Å². The highest BCUT2D eigenvalue weighted by Crippen LogP contribution is 2.16. The highest BCUT2D eigenvalue weighted by Gasteiger charge is 2.00. The summed E-state index contributed by atoms with van der Waals surface area (Å²) >= 11 is 0. The second kappa shape index (κ2) is 7.25.